The lowest BCUT2D eigenvalue weighted by Gasteiger charge is -2.21. The SMILES string of the molecule is CCC(C)(O)CNC(=O)c1ccc(N)c(F)c1. The Morgan fingerprint density at radius 1 is 1.59 bits per heavy atom. The van der Waals surface area contributed by atoms with E-state index in [1.165, 1.54) is 12.1 Å². The van der Waals surface area contributed by atoms with E-state index in [4.69, 9.17) is 5.73 Å². The Kier molecular flexibility index (Phi) is 4.07. The number of hydrogen-bond acceptors (Lipinski definition) is 3. The number of carbonyl (C=O) groups excluding carboxylic acids is 1. The van der Waals surface area contributed by atoms with Gasteiger partial charge in [0.1, 0.15) is 5.82 Å². The Hall–Kier alpha value is -1.62. The van der Waals surface area contributed by atoms with Gasteiger partial charge in [0, 0.05) is 12.1 Å². The fourth-order valence-electron chi connectivity index (χ4n) is 1.17. The summed E-state index contributed by atoms with van der Waals surface area (Å²) in [5.41, 5.74) is 4.54. The number of halogens is 1. The molecule has 17 heavy (non-hydrogen) atoms. The van der Waals surface area contributed by atoms with Crippen molar-refractivity contribution in [1.29, 1.82) is 0 Å². The van der Waals surface area contributed by atoms with Crippen LogP contribution in [0.5, 0.6) is 0 Å². The first-order chi connectivity index (χ1) is 7.85. The van der Waals surface area contributed by atoms with Gasteiger partial charge in [-0.2, -0.15) is 0 Å². The number of nitrogens with two attached hydrogens (primary N) is 1. The minimum absolute atomic E-state index is 0.00195. The van der Waals surface area contributed by atoms with E-state index in [2.05, 4.69) is 5.32 Å². The van der Waals surface area contributed by atoms with Gasteiger partial charge in [-0.15, -0.1) is 0 Å². The zero-order valence-electron chi connectivity index (χ0n) is 9.96. The minimum Gasteiger partial charge on any atom is -0.396 e. The smallest absolute Gasteiger partial charge is 0.251 e. The molecule has 0 aromatic heterocycles. The van der Waals surface area contributed by atoms with Crippen LogP contribution >= 0.6 is 0 Å². The Balaban J connectivity index is 2.68. The maximum absolute atomic E-state index is 13.1. The number of anilines is 1. The van der Waals surface area contributed by atoms with Crippen LogP contribution in [0.15, 0.2) is 18.2 Å². The molecule has 1 aromatic rings. The number of nitrogens with one attached hydrogen (secondary N) is 1. The molecule has 1 amide bonds. The van der Waals surface area contributed by atoms with Gasteiger partial charge in [-0.25, -0.2) is 4.39 Å². The lowest BCUT2D eigenvalue weighted by Crippen LogP contribution is -2.40. The summed E-state index contributed by atoms with van der Waals surface area (Å²) >= 11 is 0. The van der Waals surface area contributed by atoms with Crippen molar-refractivity contribution in [1.82, 2.24) is 5.32 Å². The lowest BCUT2D eigenvalue weighted by molar-refractivity contribution is 0.0518. The Morgan fingerprint density at radius 3 is 2.76 bits per heavy atom. The van der Waals surface area contributed by atoms with Gasteiger partial charge >= 0.3 is 0 Å². The molecule has 1 unspecified atom stereocenters. The van der Waals surface area contributed by atoms with E-state index in [1.807, 2.05) is 6.92 Å². The predicted octanol–water partition coefficient (Wildman–Crippen LogP) is 1.30. The molecule has 94 valence electrons. The molecule has 0 saturated carbocycles. The van der Waals surface area contributed by atoms with E-state index >= 15 is 0 Å². The van der Waals surface area contributed by atoms with E-state index in [-0.39, 0.29) is 17.8 Å². The number of hydrogen-bond donors (Lipinski definition) is 3. The molecule has 4 nitrogen and oxygen atoms in total. The first kappa shape index (κ1) is 13.4. The molecule has 0 saturated heterocycles. The van der Waals surface area contributed by atoms with Crippen molar-refractivity contribution in [2.45, 2.75) is 25.9 Å². The molecular formula is C12H17FN2O2. The summed E-state index contributed by atoms with van der Waals surface area (Å²) < 4.78 is 13.1. The van der Waals surface area contributed by atoms with E-state index in [0.29, 0.717) is 6.42 Å². The van der Waals surface area contributed by atoms with Crippen LogP contribution in [-0.2, 0) is 0 Å². The average molecular weight is 240 g/mol. The van der Waals surface area contributed by atoms with Gasteiger partial charge < -0.3 is 16.2 Å². The number of amides is 1. The van der Waals surface area contributed by atoms with Crippen molar-refractivity contribution in [3.63, 3.8) is 0 Å². The van der Waals surface area contributed by atoms with Crippen LogP contribution in [0.2, 0.25) is 0 Å². The van der Waals surface area contributed by atoms with Crippen LogP contribution in [0.25, 0.3) is 0 Å². The van der Waals surface area contributed by atoms with E-state index < -0.39 is 17.3 Å². The molecule has 0 heterocycles. The van der Waals surface area contributed by atoms with Gasteiger partial charge in [0.2, 0.25) is 0 Å². The van der Waals surface area contributed by atoms with Crippen LogP contribution in [0, 0.1) is 5.82 Å². The molecule has 5 heteroatoms. The van der Waals surface area contributed by atoms with E-state index in [0.717, 1.165) is 6.07 Å². The quantitative estimate of drug-likeness (QED) is 0.694. The molecule has 0 bridgehead atoms. The highest BCUT2D eigenvalue weighted by Crippen LogP contribution is 2.12. The second kappa shape index (κ2) is 5.14. The molecule has 0 fully saturated rings. The van der Waals surface area contributed by atoms with Crippen LogP contribution in [0.3, 0.4) is 0 Å². The molecule has 0 aliphatic carbocycles. The predicted molar refractivity (Wildman–Crippen MR) is 64.1 cm³/mol. The normalized spacial score (nSPS) is 14.1. The molecule has 0 spiro atoms. The number of rotatable bonds is 4. The highest BCUT2D eigenvalue weighted by molar-refractivity contribution is 5.94. The van der Waals surface area contributed by atoms with Gasteiger partial charge in [-0.1, -0.05) is 6.92 Å². The summed E-state index contributed by atoms with van der Waals surface area (Å²) in [7, 11) is 0. The van der Waals surface area contributed by atoms with Gasteiger partial charge in [-0.3, -0.25) is 4.79 Å². The third-order valence-electron chi connectivity index (χ3n) is 2.65. The summed E-state index contributed by atoms with van der Waals surface area (Å²) in [5, 5.41) is 12.2. The topological polar surface area (TPSA) is 75.3 Å². The molecule has 1 rings (SSSR count). The van der Waals surface area contributed by atoms with Crippen LogP contribution in [0.1, 0.15) is 30.6 Å². The summed E-state index contributed by atoms with van der Waals surface area (Å²) in [6, 6.07) is 3.85. The Bertz CT molecular complexity index is 419. The lowest BCUT2D eigenvalue weighted by atomic mass is 10.0. The molecule has 1 atom stereocenters. The third kappa shape index (κ3) is 3.71. The van der Waals surface area contributed by atoms with E-state index in [9.17, 15) is 14.3 Å². The number of carbonyl (C=O) groups is 1. The van der Waals surface area contributed by atoms with Crippen LogP contribution in [0.4, 0.5) is 10.1 Å². The average Bonchev–Trinajstić information content (AvgIpc) is 2.30. The van der Waals surface area contributed by atoms with Crippen molar-refractivity contribution < 1.29 is 14.3 Å². The monoisotopic (exact) mass is 240 g/mol. The van der Waals surface area contributed by atoms with Crippen molar-refractivity contribution in [2.24, 2.45) is 0 Å². The van der Waals surface area contributed by atoms with Gasteiger partial charge in [-0.05, 0) is 31.5 Å². The zero-order valence-corrected chi connectivity index (χ0v) is 9.96. The Labute approximate surface area is 99.6 Å². The molecule has 0 aliphatic rings. The zero-order chi connectivity index (χ0) is 13.1. The van der Waals surface area contributed by atoms with Gasteiger partial charge in [0.05, 0.1) is 11.3 Å². The van der Waals surface area contributed by atoms with Crippen molar-refractivity contribution in [3.05, 3.63) is 29.6 Å². The second-order valence-electron chi connectivity index (χ2n) is 4.27. The maximum atomic E-state index is 13.1. The first-order valence-corrected chi connectivity index (χ1v) is 5.41. The number of aliphatic hydroxyl groups is 1. The van der Waals surface area contributed by atoms with Gasteiger partial charge in [0.25, 0.3) is 5.91 Å². The van der Waals surface area contributed by atoms with Crippen molar-refractivity contribution >= 4 is 11.6 Å². The molecular weight excluding hydrogens is 223 g/mol. The van der Waals surface area contributed by atoms with Gasteiger partial charge in [0.15, 0.2) is 0 Å². The van der Waals surface area contributed by atoms with Crippen molar-refractivity contribution in [2.75, 3.05) is 12.3 Å². The summed E-state index contributed by atoms with van der Waals surface area (Å²) in [4.78, 5) is 11.6. The van der Waals surface area contributed by atoms with Crippen molar-refractivity contribution in [3.8, 4) is 0 Å². The Morgan fingerprint density at radius 2 is 2.24 bits per heavy atom. The standard InChI is InChI=1S/C12H17FN2O2/c1-3-12(2,17)7-15-11(16)8-4-5-10(14)9(13)6-8/h4-6,17H,3,7,14H2,1-2H3,(H,15,16). The third-order valence-corrected chi connectivity index (χ3v) is 2.65. The first-order valence-electron chi connectivity index (χ1n) is 5.41. The highest BCUT2D eigenvalue weighted by atomic mass is 19.1. The number of benzene rings is 1. The minimum atomic E-state index is -0.956. The maximum Gasteiger partial charge on any atom is 0.251 e. The summed E-state index contributed by atoms with van der Waals surface area (Å²) in [6.07, 6.45) is 0.517. The molecule has 0 radical (unpaired) electrons. The molecule has 1 aromatic carbocycles. The number of nitrogen functional groups attached to an aromatic ring is 1. The van der Waals surface area contributed by atoms with Crippen LogP contribution in [-0.4, -0.2) is 23.2 Å². The fourth-order valence-corrected chi connectivity index (χ4v) is 1.17. The fraction of sp³-hybridized carbons (Fsp3) is 0.417. The summed E-state index contributed by atoms with van der Waals surface area (Å²) in [5.74, 6) is -1.06. The summed E-state index contributed by atoms with van der Waals surface area (Å²) in [6.45, 7) is 3.56. The van der Waals surface area contributed by atoms with Crippen LogP contribution < -0.4 is 11.1 Å². The molecule has 0 aliphatic heterocycles. The second-order valence-corrected chi connectivity index (χ2v) is 4.27. The molecule has 4 N–H and O–H groups in total. The largest absolute Gasteiger partial charge is 0.396 e. The van der Waals surface area contributed by atoms with E-state index in [1.54, 1.807) is 6.92 Å². The highest BCUT2D eigenvalue weighted by Gasteiger charge is 2.19.